The molecule has 1 atom stereocenters. The number of phenols is 1. The Balaban J connectivity index is 3.35. The van der Waals surface area contributed by atoms with Crippen LogP contribution >= 0.6 is 0 Å². The van der Waals surface area contributed by atoms with E-state index in [9.17, 15) is 23.1 Å². The lowest BCUT2D eigenvalue weighted by Gasteiger charge is -2.14. The predicted octanol–water partition coefficient (Wildman–Crippen LogP) is -0.449. The van der Waals surface area contributed by atoms with Gasteiger partial charge in [0.1, 0.15) is 11.3 Å². The highest BCUT2D eigenvalue weighted by Gasteiger charge is 2.24. The van der Waals surface area contributed by atoms with Crippen LogP contribution in [0, 0.1) is 6.92 Å². The Morgan fingerprint density at radius 1 is 1.35 bits per heavy atom. The molecule has 0 radical (unpaired) electrons. The number of hydrogen-bond acceptors (Lipinski definition) is 5. The zero-order valence-corrected chi connectivity index (χ0v) is 11.6. The second-order valence-electron chi connectivity index (χ2n) is 4.19. The van der Waals surface area contributed by atoms with E-state index < -0.39 is 39.3 Å². The van der Waals surface area contributed by atoms with Crippen LogP contribution in [0.5, 0.6) is 5.75 Å². The maximum atomic E-state index is 12.1. The van der Waals surface area contributed by atoms with Crippen LogP contribution in [0.2, 0.25) is 0 Å². The van der Waals surface area contributed by atoms with Gasteiger partial charge in [-0.1, -0.05) is 0 Å². The molecule has 1 rings (SSSR count). The van der Waals surface area contributed by atoms with Crippen LogP contribution < -0.4 is 10.5 Å². The fourth-order valence-electron chi connectivity index (χ4n) is 1.49. The van der Waals surface area contributed by atoms with E-state index in [0.29, 0.717) is 0 Å². The maximum Gasteiger partial charge on any atom is 0.339 e. The van der Waals surface area contributed by atoms with Crippen LogP contribution in [0.4, 0.5) is 0 Å². The number of nitrogens with one attached hydrogen (secondary N) is 1. The lowest BCUT2D eigenvalue weighted by molar-refractivity contribution is -0.119. The van der Waals surface area contributed by atoms with E-state index >= 15 is 0 Å². The van der Waals surface area contributed by atoms with Gasteiger partial charge in [-0.3, -0.25) is 4.79 Å². The summed E-state index contributed by atoms with van der Waals surface area (Å²) in [4.78, 5) is 21.4. The normalized spacial score (nSPS) is 12.9. The molecule has 110 valence electrons. The third-order valence-corrected chi connectivity index (χ3v) is 4.25. The Morgan fingerprint density at radius 2 is 1.90 bits per heavy atom. The van der Waals surface area contributed by atoms with Crippen molar-refractivity contribution in [2.24, 2.45) is 5.73 Å². The van der Waals surface area contributed by atoms with Crippen LogP contribution in [0.15, 0.2) is 17.0 Å². The Morgan fingerprint density at radius 3 is 2.35 bits per heavy atom. The first-order valence-electron chi connectivity index (χ1n) is 5.45. The molecule has 5 N–H and O–H groups in total. The van der Waals surface area contributed by atoms with Crippen molar-refractivity contribution in [3.63, 3.8) is 0 Å². The Hall–Kier alpha value is -2.13. The van der Waals surface area contributed by atoms with Gasteiger partial charge in [-0.05, 0) is 31.5 Å². The Kier molecular flexibility index (Phi) is 4.36. The van der Waals surface area contributed by atoms with Gasteiger partial charge in [0.2, 0.25) is 15.9 Å². The molecule has 1 aromatic carbocycles. The zero-order chi connectivity index (χ0) is 15.7. The van der Waals surface area contributed by atoms with Crippen molar-refractivity contribution in [1.82, 2.24) is 4.72 Å². The molecule has 0 aliphatic rings. The molecule has 0 heterocycles. The molecular weight excluding hydrogens is 288 g/mol. The van der Waals surface area contributed by atoms with E-state index in [4.69, 9.17) is 10.8 Å². The summed E-state index contributed by atoms with van der Waals surface area (Å²) >= 11 is 0. The van der Waals surface area contributed by atoms with Crippen molar-refractivity contribution in [3.8, 4) is 5.75 Å². The molecule has 1 amide bonds. The molecule has 0 fully saturated rings. The molecule has 0 bridgehead atoms. The molecule has 20 heavy (non-hydrogen) atoms. The average Bonchev–Trinajstić information content (AvgIpc) is 2.26. The van der Waals surface area contributed by atoms with Gasteiger partial charge >= 0.3 is 5.97 Å². The second-order valence-corrected chi connectivity index (χ2v) is 5.87. The molecule has 0 spiro atoms. The number of hydrogen-bond donors (Lipinski definition) is 4. The average molecular weight is 302 g/mol. The number of carboxylic acids is 1. The van der Waals surface area contributed by atoms with Crippen LogP contribution in [0.1, 0.15) is 22.8 Å². The molecular formula is C11H14N2O6S. The van der Waals surface area contributed by atoms with Gasteiger partial charge in [-0.2, -0.15) is 4.72 Å². The standard InChI is InChI=1S/C11H14N2O6S/c1-5-3-8(14)7(11(16)17)4-9(5)20(18,19)13-6(2)10(12)15/h3-4,6,13-14H,1-2H3,(H2,12,15)(H,16,17). The number of aromatic carboxylic acids is 1. The molecule has 1 unspecified atom stereocenters. The van der Waals surface area contributed by atoms with Crippen LogP contribution in [-0.2, 0) is 14.8 Å². The lowest BCUT2D eigenvalue weighted by Crippen LogP contribution is -2.42. The molecule has 0 saturated carbocycles. The largest absolute Gasteiger partial charge is 0.507 e. The van der Waals surface area contributed by atoms with E-state index in [1.165, 1.54) is 13.8 Å². The van der Waals surface area contributed by atoms with E-state index in [0.717, 1.165) is 12.1 Å². The molecule has 0 aromatic heterocycles. The first kappa shape index (κ1) is 15.9. The first-order chi connectivity index (χ1) is 9.06. The highest BCUT2D eigenvalue weighted by Crippen LogP contribution is 2.25. The highest BCUT2D eigenvalue weighted by molar-refractivity contribution is 7.89. The third kappa shape index (κ3) is 3.25. The molecule has 0 aliphatic carbocycles. The number of nitrogens with two attached hydrogens (primary N) is 1. The summed E-state index contributed by atoms with van der Waals surface area (Å²) in [6.45, 7) is 2.64. The SMILES string of the molecule is Cc1cc(O)c(C(=O)O)cc1S(=O)(=O)NC(C)C(N)=O. The second kappa shape index (κ2) is 5.47. The maximum absolute atomic E-state index is 12.1. The van der Waals surface area contributed by atoms with Gasteiger partial charge in [0, 0.05) is 0 Å². The molecule has 0 saturated heterocycles. The van der Waals surface area contributed by atoms with Crippen LogP contribution in [0.3, 0.4) is 0 Å². The number of sulfonamides is 1. The highest BCUT2D eigenvalue weighted by atomic mass is 32.2. The quantitative estimate of drug-likeness (QED) is 0.579. The predicted molar refractivity (Wildman–Crippen MR) is 68.8 cm³/mol. The van der Waals surface area contributed by atoms with Crippen molar-refractivity contribution in [3.05, 3.63) is 23.3 Å². The summed E-state index contributed by atoms with van der Waals surface area (Å²) < 4.78 is 26.1. The van der Waals surface area contributed by atoms with Crippen molar-refractivity contribution < 1.29 is 28.2 Å². The number of carbonyl (C=O) groups is 2. The summed E-state index contributed by atoms with van der Waals surface area (Å²) in [6.07, 6.45) is 0. The number of carboxylic acid groups (broad SMARTS) is 1. The van der Waals surface area contributed by atoms with Gasteiger partial charge in [-0.15, -0.1) is 0 Å². The smallest absolute Gasteiger partial charge is 0.339 e. The zero-order valence-electron chi connectivity index (χ0n) is 10.7. The van der Waals surface area contributed by atoms with Gasteiger partial charge in [0.05, 0.1) is 10.9 Å². The minimum Gasteiger partial charge on any atom is -0.507 e. The summed E-state index contributed by atoms with van der Waals surface area (Å²) in [5.74, 6) is -2.89. The van der Waals surface area contributed by atoms with E-state index in [1.807, 2.05) is 4.72 Å². The number of primary amides is 1. The number of benzene rings is 1. The monoisotopic (exact) mass is 302 g/mol. The summed E-state index contributed by atoms with van der Waals surface area (Å²) in [7, 11) is -4.13. The fraction of sp³-hybridized carbons (Fsp3) is 0.273. The Bertz CT molecular complexity index is 668. The minimum atomic E-state index is -4.13. The van der Waals surface area contributed by atoms with Crippen LogP contribution in [-0.4, -0.2) is 36.5 Å². The topological polar surface area (TPSA) is 147 Å². The Labute approximate surface area is 115 Å². The number of rotatable bonds is 5. The van der Waals surface area contributed by atoms with Gasteiger partial charge in [-0.25, -0.2) is 13.2 Å². The van der Waals surface area contributed by atoms with E-state index in [-0.39, 0.29) is 10.5 Å². The molecule has 1 aromatic rings. The lowest BCUT2D eigenvalue weighted by atomic mass is 10.1. The number of carbonyl (C=O) groups excluding carboxylic acids is 1. The number of aromatic hydroxyl groups is 1. The van der Waals surface area contributed by atoms with Crippen molar-refractivity contribution in [2.45, 2.75) is 24.8 Å². The molecule has 0 aliphatic heterocycles. The number of amides is 1. The first-order valence-corrected chi connectivity index (χ1v) is 6.93. The van der Waals surface area contributed by atoms with Gasteiger partial charge in [0.15, 0.2) is 0 Å². The summed E-state index contributed by atoms with van der Waals surface area (Å²) in [5.41, 5.74) is 4.54. The molecule has 9 heteroatoms. The summed E-state index contributed by atoms with van der Waals surface area (Å²) in [6, 6.07) is 0.692. The fourth-order valence-corrected chi connectivity index (χ4v) is 2.95. The van der Waals surface area contributed by atoms with Crippen molar-refractivity contribution >= 4 is 21.9 Å². The third-order valence-electron chi connectivity index (χ3n) is 2.57. The number of aryl methyl sites for hydroxylation is 1. The van der Waals surface area contributed by atoms with E-state index in [1.54, 1.807) is 0 Å². The van der Waals surface area contributed by atoms with Crippen LogP contribution in [0.25, 0.3) is 0 Å². The van der Waals surface area contributed by atoms with E-state index in [2.05, 4.69) is 0 Å². The van der Waals surface area contributed by atoms with Gasteiger partial charge < -0.3 is 15.9 Å². The molecule has 8 nitrogen and oxygen atoms in total. The summed E-state index contributed by atoms with van der Waals surface area (Å²) in [5, 5.41) is 18.3. The van der Waals surface area contributed by atoms with Crippen molar-refractivity contribution in [2.75, 3.05) is 0 Å². The minimum absolute atomic E-state index is 0.136. The van der Waals surface area contributed by atoms with Crippen molar-refractivity contribution in [1.29, 1.82) is 0 Å². The van der Waals surface area contributed by atoms with Gasteiger partial charge in [0.25, 0.3) is 0 Å².